The van der Waals surface area contributed by atoms with Crippen LogP contribution in [0.4, 0.5) is 0 Å². The summed E-state index contributed by atoms with van der Waals surface area (Å²) in [6.07, 6.45) is 5.91. The van der Waals surface area contributed by atoms with E-state index in [1.165, 1.54) is 19.3 Å². The van der Waals surface area contributed by atoms with Crippen LogP contribution in [0.15, 0.2) is 24.3 Å². The summed E-state index contributed by atoms with van der Waals surface area (Å²) in [6, 6.07) is 4.84. The molecule has 1 aliphatic heterocycles. The molecule has 0 aromatic heterocycles. The van der Waals surface area contributed by atoms with E-state index in [-0.39, 0.29) is 25.3 Å². The summed E-state index contributed by atoms with van der Waals surface area (Å²) < 4.78 is 5.81. The van der Waals surface area contributed by atoms with E-state index < -0.39 is 35.8 Å². The van der Waals surface area contributed by atoms with Gasteiger partial charge >= 0.3 is 5.97 Å². The minimum atomic E-state index is -1.21. The zero-order valence-electron chi connectivity index (χ0n) is 21.0. The lowest BCUT2D eigenvalue weighted by atomic mass is 9.93. The molecule has 0 aliphatic carbocycles. The number of unbranched alkanes of at least 4 members (excludes halogenated alkanes) is 1. The van der Waals surface area contributed by atoms with Crippen molar-refractivity contribution in [2.24, 2.45) is 11.7 Å². The van der Waals surface area contributed by atoms with Crippen LogP contribution in [0.1, 0.15) is 37.7 Å². The van der Waals surface area contributed by atoms with Gasteiger partial charge in [0, 0.05) is 12.2 Å². The van der Waals surface area contributed by atoms with Crippen LogP contribution in [0.2, 0.25) is 0 Å². The largest absolute Gasteiger partial charge is 0.494 e. The fraction of sp³-hybridized carbons (Fsp3) is 0.600. The first-order valence-corrected chi connectivity index (χ1v) is 13.3. The van der Waals surface area contributed by atoms with E-state index in [2.05, 4.69) is 33.9 Å². The number of piperidine rings is 1. The number of hydrogen-bond acceptors (Lipinski definition) is 8. The van der Waals surface area contributed by atoms with Crippen molar-refractivity contribution in [3.8, 4) is 5.75 Å². The summed E-state index contributed by atoms with van der Waals surface area (Å²) in [5, 5.41) is 20.1. The van der Waals surface area contributed by atoms with Gasteiger partial charge in [0.25, 0.3) is 0 Å². The quantitative estimate of drug-likeness (QED) is 0.113. The molecule has 2 unspecified atom stereocenters. The summed E-state index contributed by atoms with van der Waals surface area (Å²) >= 11 is 4.06. The molecule has 0 bridgehead atoms. The first kappa shape index (κ1) is 30.4. The zero-order chi connectivity index (χ0) is 27.0. The Morgan fingerprint density at radius 2 is 1.76 bits per heavy atom. The molecule has 206 valence electrons. The second-order valence-corrected chi connectivity index (χ2v) is 9.43. The van der Waals surface area contributed by atoms with Gasteiger partial charge in [-0.15, -0.1) is 0 Å². The van der Waals surface area contributed by atoms with Crippen molar-refractivity contribution in [3.05, 3.63) is 29.8 Å². The highest BCUT2D eigenvalue weighted by molar-refractivity contribution is 7.80. The molecule has 0 spiro atoms. The second-order valence-electron chi connectivity index (χ2n) is 9.07. The second kappa shape index (κ2) is 16.8. The highest BCUT2D eigenvalue weighted by atomic mass is 32.1. The summed E-state index contributed by atoms with van der Waals surface area (Å²) in [5.74, 6) is -1.57. The molecule has 37 heavy (non-hydrogen) atoms. The molecule has 7 N–H and O–H groups in total. The molecule has 3 amide bonds. The fourth-order valence-corrected chi connectivity index (χ4v) is 4.27. The van der Waals surface area contributed by atoms with Gasteiger partial charge in [0.05, 0.1) is 19.7 Å². The van der Waals surface area contributed by atoms with E-state index in [4.69, 9.17) is 10.5 Å². The average Bonchev–Trinajstić information content (AvgIpc) is 2.91. The van der Waals surface area contributed by atoms with Gasteiger partial charge in [-0.2, -0.15) is 12.6 Å². The van der Waals surface area contributed by atoms with Crippen LogP contribution < -0.4 is 31.7 Å². The Hall–Kier alpha value is -2.83. The normalized spacial score (nSPS) is 15.3. The Morgan fingerprint density at radius 1 is 1.05 bits per heavy atom. The summed E-state index contributed by atoms with van der Waals surface area (Å²) in [6.45, 7) is 2.23. The molecule has 1 heterocycles. The van der Waals surface area contributed by atoms with E-state index in [0.29, 0.717) is 17.9 Å². The molecule has 1 aliphatic rings. The third-order valence-electron chi connectivity index (χ3n) is 6.18. The van der Waals surface area contributed by atoms with E-state index in [0.717, 1.165) is 31.8 Å². The molecular formula is C25H39N5O6S. The van der Waals surface area contributed by atoms with Crippen LogP contribution in [0.25, 0.3) is 0 Å². The number of thiol groups is 1. The topological polar surface area (TPSA) is 172 Å². The molecule has 0 saturated carbocycles. The molecule has 2 rings (SSSR count). The molecule has 1 saturated heterocycles. The standard InChI is InChI=1S/C25H39N5O6S/c26-14-22(31)28-15-23(32)29-21(16-37)24(33)30-20(25(34)35)13-18-4-6-19(7-5-18)36-12-2-1-3-17-8-10-27-11-9-17/h4-7,17,20-21,27,37H,1-3,8-16,26H2,(H,28,31)(H,29,32)(H,30,33)(H,34,35). The van der Waals surface area contributed by atoms with Crippen LogP contribution >= 0.6 is 12.6 Å². The third kappa shape index (κ3) is 11.8. The Balaban J connectivity index is 1.77. The van der Waals surface area contributed by atoms with Gasteiger partial charge in [-0.3, -0.25) is 14.4 Å². The van der Waals surface area contributed by atoms with Crippen molar-refractivity contribution in [1.29, 1.82) is 0 Å². The highest BCUT2D eigenvalue weighted by Gasteiger charge is 2.26. The lowest BCUT2D eigenvalue weighted by molar-refractivity contribution is -0.142. The Morgan fingerprint density at radius 3 is 2.38 bits per heavy atom. The minimum absolute atomic E-state index is 0.0530. The van der Waals surface area contributed by atoms with Crippen LogP contribution in [0.3, 0.4) is 0 Å². The summed E-state index contributed by atoms with van der Waals surface area (Å²) in [7, 11) is 0. The van der Waals surface area contributed by atoms with Crippen LogP contribution in [0.5, 0.6) is 5.75 Å². The Labute approximate surface area is 223 Å². The number of carboxylic acids is 1. The smallest absolute Gasteiger partial charge is 0.326 e. The molecule has 2 atom stereocenters. The third-order valence-corrected chi connectivity index (χ3v) is 6.54. The first-order valence-electron chi connectivity index (χ1n) is 12.6. The van der Waals surface area contributed by atoms with Gasteiger partial charge in [0.2, 0.25) is 17.7 Å². The van der Waals surface area contributed by atoms with E-state index >= 15 is 0 Å². The monoisotopic (exact) mass is 537 g/mol. The molecule has 1 aromatic carbocycles. The predicted octanol–water partition coefficient (Wildman–Crippen LogP) is -0.163. The van der Waals surface area contributed by atoms with E-state index in [1.807, 2.05) is 0 Å². The van der Waals surface area contributed by atoms with Crippen molar-refractivity contribution in [2.45, 2.75) is 50.6 Å². The number of amides is 3. The SMILES string of the molecule is NCC(=O)NCC(=O)NC(CS)C(=O)NC(Cc1ccc(OCCCCC2CCNCC2)cc1)C(=O)O. The molecule has 0 radical (unpaired) electrons. The number of nitrogens with two attached hydrogens (primary N) is 1. The zero-order valence-corrected chi connectivity index (χ0v) is 21.9. The maximum Gasteiger partial charge on any atom is 0.326 e. The van der Waals surface area contributed by atoms with Gasteiger partial charge in [-0.05, 0) is 62.4 Å². The number of ether oxygens (including phenoxy) is 1. The molecule has 1 aromatic rings. The number of carbonyl (C=O) groups excluding carboxylic acids is 3. The van der Waals surface area contributed by atoms with Crippen molar-refractivity contribution in [3.63, 3.8) is 0 Å². The van der Waals surface area contributed by atoms with Gasteiger partial charge in [-0.25, -0.2) is 4.79 Å². The van der Waals surface area contributed by atoms with Gasteiger partial charge in [-0.1, -0.05) is 18.6 Å². The molecule has 1 fully saturated rings. The first-order chi connectivity index (χ1) is 17.8. The number of nitrogens with one attached hydrogen (secondary N) is 4. The van der Waals surface area contributed by atoms with Crippen molar-refractivity contribution >= 4 is 36.3 Å². The maximum atomic E-state index is 12.6. The van der Waals surface area contributed by atoms with Crippen molar-refractivity contribution < 1.29 is 29.0 Å². The van der Waals surface area contributed by atoms with Crippen molar-refractivity contribution in [1.82, 2.24) is 21.3 Å². The van der Waals surface area contributed by atoms with Crippen molar-refractivity contribution in [2.75, 3.05) is 38.5 Å². The lowest BCUT2D eigenvalue weighted by Crippen LogP contribution is -2.54. The van der Waals surface area contributed by atoms with Gasteiger partial charge in [0.15, 0.2) is 0 Å². The van der Waals surface area contributed by atoms with Gasteiger partial charge < -0.3 is 36.8 Å². The van der Waals surface area contributed by atoms with Crippen LogP contribution in [-0.2, 0) is 25.6 Å². The number of benzene rings is 1. The van der Waals surface area contributed by atoms with Gasteiger partial charge in [0.1, 0.15) is 17.8 Å². The lowest BCUT2D eigenvalue weighted by Gasteiger charge is -2.22. The average molecular weight is 538 g/mol. The number of carboxylic acid groups (broad SMARTS) is 1. The fourth-order valence-electron chi connectivity index (χ4n) is 4.02. The summed E-state index contributed by atoms with van der Waals surface area (Å²) in [4.78, 5) is 47.4. The summed E-state index contributed by atoms with van der Waals surface area (Å²) in [5.41, 5.74) is 5.87. The number of hydrogen-bond donors (Lipinski definition) is 7. The Bertz CT molecular complexity index is 879. The number of aliphatic carboxylic acids is 1. The molecule has 12 heteroatoms. The highest BCUT2D eigenvalue weighted by Crippen LogP contribution is 2.19. The van der Waals surface area contributed by atoms with E-state index in [9.17, 15) is 24.3 Å². The predicted molar refractivity (Wildman–Crippen MR) is 142 cm³/mol. The minimum Gasteiger partial charge on any atom is -0.494 e. The van der Waals surface area contributed by atoms with Crippen LogP contribution in [0, 0.1) is 5.92 Å². The molecular weight excluding hydrogens is 498 g/mol. The maximum absolute atomic E-state index is 12.6. The number of rotatable bonds is 16. The Kier molecular flexibility index (Phi) is 13.8. The van der Waals surface area contributed by atoms with Crippen LogP contribution in [-0.4, -0.2) is 79.4 Å². The number of carbonyl (C=O) groups is 4. The molecule has 11 nitrogen and oxygen atoms in total. The van der Waals surface area contributed by atoms with E-state index in [1.54, 1.807) is 24.3 Å².